The molecule has 0 fully saturated rings. The van der Waals surface area contributed by atoms with Crippen LogP contribution >= 0.6 is 0 Å². The summed E-state index contributed by atoms with van der Waals surface area (Å²) in [4.78, 5) is 11.6. The van der Waals surface area contributed by atoms with Crippen molar-refractivity contribution in [2.24, 2.45) is 5.41 Å². The highest BCUT2D eigenvalue weighted by molar-refractivity contribution is 5.69. The number of rotatable bonds is 7. The first-order valence-electron chi connectivity index (χ1n) is 7.17. The number of esters is 1. The maximum absolute atomic E-state index is 11.6. The minimum atomic E-state index is -0.0837. The van der Waals surface area contributed by atoms with E-state index in [4.69, 9.17) is 4.74 Å². The van der Waals surface area contributed by atoms with Gasteiger partial charge in [-0.2, -0.15) is 0 Å². The van der Waals surface area contributed by atoms with Crippen LogP contribution in [0.1, 0.15) is 58.4 Å². The van der Waals surface area contributed by atoms with Crippen LogP contribution in [-0.2, 0) is 16.1 Å². The van der Waals surface area contributed by atoms with Crippen LogP contribution in [-0.4, -0.2) is 5.97 Å². The van der Waals surface area contributed by atoms with Crippen LogP contribution < -0.4 is 0 Å². The minimum Gasteiger partial charge on any atom is -0.461 e. The molecule has 0 aliphatic carbocycles. The van der Waals surface area contributed by atoms with Crippen LogP contribution in [0.25, 0.3) is 0 Å². The summed E-state index contributed by atoms with van der Waals surface area (Å²) in [6.07, 6.45) is 4.99. The first kappa shape index (κ1) is 15.7. The van der Waals surface area contributed by atoms with Crippen molar-refractivity contribution in [3.63, 3.8) is 0 Å². The molecule has 2 heteroatoms. The molecule has 0 aliphatic rings. The van der Waals surface area contributed by atoms with Gasteiger partial charge in [0.1, 0.15) is 6.61 Å². The highest BCUT2D eigenvalue weighted by Gasteiger charge is 2.09. The zero-order valence-electron chi connectivity index (χ0n) is 12.4. The topological polar surface area (TPSA) is 26.3 Å². The molecule has 0 bridgehead atoms. The number of unbranched alkanes of at least 4 members (excludes halogenated alkanes) is 2. The molecule has 1 aromatic rings. The number of hydrogen-bond acceptors (Lipinski definition) is 2. The molecule has 1 rings (SSSR count). The number of carbonyl (C=O) groups excluding carboxylic acids is 1. The molecule has 0 radical (unpaired) electrons. The number of ether oxygens (including phenoxy) is 1. The van der Waals surface area contributed by atoms with Gasteiger partial charge in [-0.1, -0.05) is 63.9 Å². The zero-order chi connectivity index (χ0) is 14.1. The average Bonchev–Trinajstić information content (AvgIpc) is 2.36. The van der Waals surface area contributed by atoms with Gasteiger partial charge in [-0.3, -0.25) is 4.79 Å². The van der Waals surface area contributed by atoms with E-state index in [1.165, 1.54) is 12.8 Å². The van der Waals surface area contributed by atoms with E-state index in [-0.39, 0.29) is 5.97 Å². The van der Waals surface area contributed by atoms with Crippen LogP contribution in [0.4, 0.5) is 0 Å². The molecule has 0 heterocycles. The highest BCUT2D eigenvalue weighted by Crippen LogP contribution is 2.22. The SMILES string of the molecule is CC(C)(C)CCCCCC(=O)OCc1ccccc1. The Morgan fingerprint density at radius 2 is 1.74 bits per heavy atom. The molecule has 0 amide bonds. The Labute approximate surface area is 117 Å². The summed E-state index contributed by atoms with van der Waals surface area (Å²) in [5, 5.41) is 0. The number of carbonyl (C=O) groups is 1. The molecule has 0 unspecified atom stereocenters. The van der Waals surface area contributed by atoms with E-state index >= 15 is 0 Å². The van der Waals surface area contributed by atoms with Crippen LogP contribution in [0, 0.1) is 5.41 Å². The van der Waals surface area contributed by atoms with E-state index in [1.54, 1.807) is 0 Å². The van der Waals surface area contributed by atoms with E-state index in [9.17, 15) is 4.79 Å². The maximum Gasteiger partial charge on any atom is 0.306 e. The molecule has 0 N–H and O–H groups in total. The Kier molecular flexibility index (Phi) is 6.61. The van der Waals surface area contributed by atoms with E-state index in [0.29, 0.717) is 18.4 Å². The van der Waals surface area contributed by atoms with Gasteiger partial charge in [-0.05, 0) is 23.8 Å². The number of hydrogen-bond donors (Lipinski definition) is 0. The zero-order valence-corrected chi connectivity index (χ0v) is 12.4. The van der Waals surface area contributed by atoms with Gasteiger partial charge in [0.05, 0.1) is 0 Å². The Balaban J connectivity index is 2.06. The Morgan fingerprint density at radius 3 is 2.37 bits per heavy atom. The van der Waals surface area contributed by atoms with Gasteiger partial charge in [0.2, 0.25) is 0 Å². The summed E-state index contributed by atoms with van der Waals surface area (Å²) >= 11 is 0. The standard InChI is InChI=1S/C17H26O2/c1-17(2,3)13-9-5-8-12-16(18)19-14-15-10-6-4-7-11-15/h4,6-7,10-11H,5,8-9,12-14H2,1-3H3. The second-order valence-corrected chi connectivity index (χ2v) is 6.27. The Hall–Kier alpha value is -1.31. The van der Waals surface area contributed by atoms with Gasteiger partial charge in [0.15, 0.2) is 0 Å². The average molecular weight is 262 g/mol. The van der Waals surface area contributed by atoms with Gasteiger partial charge in [0, 0.05) is 6.42 Å². The van der Waals surface area contributed by atoms with Crippen molar-refractivity contribution in [1.29, 1.82) is 0 Å². The second-order valence-electron chi connectivity index (χ2n) is 6.27. The lowest BCUT2D eigenvalue weighted by Gasteiger charge is -2.17. The normalized spacial score (nSPS) is 11.3. The molecule has 0 aromatic heterocycles. The van der Waals surface area contributed by atoms with Gasteiger partial charge < -0.3 is 4.74 Å². The lowest BCUT2D eigenvalue weighted by Crippen LogP contribution is -2.06. The first-order chi connectivity index (χ1) is 8.97. The molecular weight excluding hydrogens is 236 g/mol. The lowest BCUT2D eigenvalue weighted by molar-refractivity contribution is -0.145. The van der Waals surface area contributed by atoms with Crippen LogP contribution in [0.5, 0.6) is 0 Å². The summed E-state index contributed by atoms with van der Waals surface area (Å²) in [5.41, 5.74) is 1.44. The van der Waals surface area contributed by atoms with E-state index in [0.717, 1.165) is 18.4 Å². The predicted octanol–water partition coefficient (Wildman–Crippen LogP) is 4.73. The Bertz CT molecular complexity index is 363. The van der Waals surface area contributed by atoms with Gasteiger partial charge in [-0.25, -0.2) is 0 Å². The van der Waals surface area contributed by atoms with Crippen LogP contribution in [0.3, 0.4) is 0 Å². The van der Waals surface area contributed by atoms with Crippen molar-refractivity contribution >= 4 is 5.97 Å². The molecule has 0 saturated heterocycles. The molecule has 19 heavy (non-hydrogen) atoms. The third-order valence-corrected chi connectivity index (χ3v) is 3.05. The summed E-state index contributed by atoms with van der Waals surface area (Å²) in [6, 6.07) is 9.80. The molecule has 0 saturated carbocycles. The van der Waals surface area contributed by atoms with E-state index in [2.05, 4.69) is 20.8 Å². The minimum absolute atomic E-state index is 0.0837. The molecular formula is C17H26O2. The highest BCUT2D eigenvalue weighted by atomic mass is 16.5. The summed E-state index contributed by atoms with van der Waals surface area (Å²) in [7, 11) is 0. The first-order valence-corrected chi connectivity index (χ1v) is 7.17. The molecule has 2 nitrogen and oxygen atoms in total. The van der Waals surface area contributed by atoms with Crippen LogP contribution in [0.2, 0.25) is 0 Å². The van der Waals surface area contributed by atoms with Crippen molar-refractivity contribution in [3.8, 4) is 0 Å². The molecule has 0 spiro atoms. The largest absolute Gasteiger partial charge is 0.461 e. The molecule has 0 aliphatic heterocycles. The summed E-state index contributed by atoms with van der Waals surface area (Å²) < 4.78 is 5.24. The van der Waals surface area contributed by atoms with Gasteiger partial charge >= 0.3 is 5.97 Å². The third-order valence-electron chi connectivity index (χ3n) is 3.05. The van der Waals surface area contributed by atoms with E-state index in [1.807, 2.05) is 30.3 Å². The van der Waals surface area contributed by atoms with Crippen molar-refractivity contribution in [2.75, 3.05) is 0 Å². The lowest BCUT2D eigenvalue weighted by atomic mass is 9.89. The molecule has 0 atom stereocenters. The van der Waals surface area contributed by atoms with Crippen molar-refractivity contribution in [1.82, 2.24) is 0 Å². The fourth-order valence-corrected chi connectivity index (χ4v) is 1.91. The second kappa shape index (κ2) is 7.98. The molecule has 106 valence electrons. The van der Waals surface area contributed by atoms with Crippen molar-refractivity contribution in [3.05, 3.63) is 35.9 Å². The third kappa shape index (κ3) is 8.41. The fourth-order valence-electron chi connectivity index (χ4n) is 1.91. The van der Waals surface area contributed by atoms with Crippen molar-refractivity contribution < 1.29 is 9.53 Å². The van der Waals surface area contributed by atoms with Gasteiger partial charge in [0.25, 0.3) is 0 Å². The quantitative estimate of drug-likeness (QED) is 0.524. The maximum atomic E-state index is 11.6. The van der Waals surface area contributed by atoms with Crippen molar-refractivity contribution in [2.45, 2.75) is 59.5 Å². The smallest absolute Gasteiger partial charge is 0.306 e. The Morgan fingerprint density at radius 1 is 1.05 bits per heavy atom. The number of benzene rings is 1. The fraction of sp³-hybridized carbons (Fsp3) is 0.588. The van der Waals surface area contributed by atoms with Crippen LogP contribution in [0.15, 0.2) is 30.3 Å². The predicted molar refractivity (Wildman–Crippen MR) is 78.8 cm³/mol. The summed E-state index contributed by atoms with van der Waals surface area (Å²) in [5.74, 6) is -0.0837. The molecule has 1 aromatic carbocycles. The van der Waals surface area contributed by atoms with Gasteiger partial charge in [-0.15, -0.1) is 0 Å². The summed E-state index contributed by atoms with van der Waals surface area (Å²) in [6.45, 7) is 7.14. The van der Waals surface area contributed by atoms with E-state index < -0.39 is 0 Å². The monoisotopic (exact) mass is 262 g/mol.